The van der Waals surface area contributed by atoms with Gasteiger partial charge in [-0.2, -0.15) is 13.2 Å². The minimum Gasteiger partial charge on any atom is -0.311 e. The van der Waals surface area contributed by atoms with Crippen molar-refractivity contribution in [2.75, 3.05) is 11.4 Å². The Morgan fingerprint density at radius 1 is 0.706 bits per heavy atom. The van der Waals surface area contributed by atoms with Crippen LogP contribution in [0.3, 0.4) is 0 Å². The summed E-state index contributed by atoms with van der Waals surface area (Å²) in [5.41, 5.74) is 3.54. The normalized spacial score (nSPS) is 11.4. The van der Waals surface area contributed by atoms with Gasteiger partial charge in [-0.3, -0.25) is 9.59 Å². The highest BCUT2D eigenvalue weighted by Crippen LogP contribution is 2.29. The predicted molar refractivity (Wildman–Crippen MR) is 128 cm³/mol. The number of Topliss-reactive ketones (excluding diaryl/α,β-unsaturated/α-hetero) is 1. The zero-order valence-corrected chi connectivity index (χ0v) is 18.3. The number of hydrogen-bond donors (Lipinski definition) is 0. The molecule has 0 unspecified atom stereocenters. The quantitative estimate of drug-likeness (QED) is 0.291. The summed E-state index contributed by atoms with van der Waals surface area (Å²) in [7, 11) is 0. The van der Waals surface area contributed by atoms with Crippen molar-refractivity contribution in [3.05, 3.63) is 103 Å². The first-order valence-electron chi connectivity index (χ1n) is 10.9. The fourth-order valence-electron chi connectivity index (χ4n) is 3.89. The smallest absolute Gasteiger partial charge is 0.311 e. The fourth-order valence-corrected chi connectivity index (χ4v) is 3.89. The molecule has 0 N–H and O–H groups in total. The second-order valence-corrected chi connectivity index (χ2v) is 7.95. The highest BCUT2D eigenvalue weighted by molar-refractivity contribution is 6.10. The van der Waals surface area contributed by atoms with E-state index in [1.165, 1.54) is 4.90 Å². The lowest BCUT2D eigenvalue weighted by Crippen LogP contribution is -2.37. The number of benzene rings is 4. The molecule has 0 aliphatic rings. The van der Waals surface area contributed by atoms with E-state index < -0.39 is 24.3 Å². The van der Waals surface area contributed by atoms with Gasteiger partial charge in [0.05, 0.1) is 12.1 Å². The molecule has 0 aromatic heterocycles. The average Bonchev–Trinajstić information content (AvgIpc) is 2.84. The molecule has 0 bridgehead atoms. The average molecular weight is 461 g/mol. The Balaban J connectivity index is 1.59. The molecule has 34 heavy (non-hydrogen) atoms. The lowest BCUT2D eigenvalue weighted by atomic mass is 10.0. The first-order valence-corrected chi connectivity index (χ1v) is 10.9. The molecule has 4 aromatic rings. The maximum Gasteiger partial charge on any atom is 0.450 e. The molecule has 0 spiro atoms. The third kappa shape index (κ3) is 5.34. The number of halogens is 3. The van der Waals surface area contributed by atoms with Gasteiger partial charge >= 0.3 is 6.18 Å². The Labute approximate surface area is 195 Å². The summed E-state index contributed by atoms with van der Waals surface area (Å²) in [6.07, 6.45) is -5.85. The van der Waals surface area contributed by atoms with E-state index in [2.05, 4.69) is 0 Å². The van der Waals surface area contributed by atoms with Crippen LogP contribution in [-0.4, -0.2) is 24.4 Å². The van der Waals surface area contributed by atoms with E-state index in [1.54, 1.807) is 18.2 Å². The van der Waals surface area contributed by atoms with E-state index in [1.807, 2.05) is 78.9 Å². The van der Waals surface area contributed by atoms with Crippen LogP contribution in [0.25, 0.3) is 21.9 Å². The standard InChI is InChI=1S/C28H22F3NO2/c29-28(30,31)26(33)19-27(34)32(25-12-6-10-23-9-4-5-11-24(23)25)18-17-20-13-15-22(16-14-20)21-7-2-1-3-8-21/h1-16H,17-19H2. The van der Waals surface area contributed by atoms with Crippen molar-refractivity contribution >= 4 is 28.2 Å². The summed E-state index contributed by atoms with van der Waals surface area (Å²) in [6.45, 7) is 0.142. The molecule has 0 aliphatic heterocycles. The molecule has 4 rings (SSSR count). The highest BCUT2D eigenvalue weighted by Gasteiger charge is 2.40. The van der Waals surface area contributed by atoms with E-state index in [4.69, 9.17) is 0 Å². The van der Waals surface area contributed by atoms with Crippen molar-refractivity contribution in [2.24, 2.45) is 0 Å². The second-order valence-electron chi connectivity index (χ2n) is 7.95. The van der Waals surface area contributed by atoms with Crippen LogP contribution in [-0.2, 0) is 16.0 Å². The van der Waals surface area contributed by atoms with Crippen LogP contribution >= 0.6 is 0 Å². The summed E-state index contributed by atoms with van der Waals surface area (Å²) in [5, 5.41) is 1.59. The van der Waals surface area contributed by atoms with Crippen LogP contribution < -0.4 is 4.90 Å². The molecule has 0 fully saturated rings. The van der Waals surface area contributed by atoms with Gasteiger partial charge in [-0.25, -0.2) is 0 Å². The lowest BCUT2D eigenvalue weighted by Gasteiger charge is -2.24. The van der Waals surface area contributed by atoms with Crippen molar-refractivity contribution in [2.45, 2.75) is 19.0 Å². The van der Waals surface area contributed by atoms with Gasteiger partial charge in [0, 0.05) is 11.9 Å². The van der Waals surface area contributed by atoms with Crippen molar-refractivity contribution in [1.29, 1.82) is 0 Å². The van der Waals surface area contributed by atoms with Crippen LogP contribution in [0, 0.1) is 0 Å². The Hall–Kier alpha value is -3.93. The number of anilines is 1. The van der Waals surface area contributed by atoms with Gasteiger partial charge in [-0.05, 0) is 34.6 Å². The van der Waals surface area contributed by atoms with Crippen molar-refractivity contribution in [3.63, 3.8) is 0 Å². The summed E-state index contributed by atoms with van der Waals surface area (Å²) >= 11 is 0. The SMILES string of the molecule is O=C(CC(=O)C(F)(F)F)N(CCc1ccc(-c2ccccc2)cc1)c1cccc2ccccc12. The van der Waals surface area contributed by atoms with E-state index in [0.29, 0.717) is 12.1 Å². The number of fused-ring (bicyclic) bond motifs is 1. The van der Waals surface area contributed by atoms with Crippen LogP contribution in [0.5, 0.6) is 0 Å². The van der Waals surface area contributed by atoms with Crippen LogP contribution in [0.15, 0.2) is 97.1 Å². The van der Waals surface area contributed by atoms with Crippen LogP contribution in [0.1, 0.15) is 12.0 Å². The molecule has 0 atom stereocenters. The van der Waals surface area contributed by atoms with E-state index in [-0.39, 0.29) is 6.54 Å². The van der Waals surface area contributed by atoms with E-state index in [9.17, 15) is 22.8 Å². The second kappa shape index (κ2) is 9.91. The van der Waals surface area contributed by atoms with Crippen molar-refractivity contribution in [1.82, 2.24) is 0 Å². The first kappa shape index (κ1) is 23.2. The molecule has 4 aromatic carbocycles. The van der Waals surface area contributed by atoms with Gasteiger partial charge in [-0.1, -0.05) is 91.0 Å². The molecule has 3 nitrogen and oxygen atoms in total. The van der Waals surface area contributed by atoms with Gasteiger partial charge in [0.25, 0.3) is 0 Å². The summed E-state index contributed by atoms with van der Waals surface area (Å²) < 4.78 is 38.5. The Kier molecular flexibility index (Phi) is 6.77. The number of carbonyl (C=O) groups is 2. The number of hydrogen-bond acceptors (Lipinski definition) is 2. The molecule has 0 radical (unpaired) electrons. The van der Waals surface area contributed by atoms with Gasteiger partial charge in [-0.15, -0.1) is 0 Å². The zero-order chi connectivity index (χ0) is 24.1. The van der Waals surface area contributed by atoms with E-state index >= 15 is 0 Å². The molecule has 172 valence electrons. The van der Waals surface area contributed by atoms with Crippen molar-refractivity contribution in [3.8, 4) is 11.1 Å². The Morgan fingerprint density at radius 2 is 1.32 bits per heavy atom. The zero-order valence-electron chi connectivity index (χ0n) is 18.3. The molecule has 0 saturated heterocycles. The number of amides is 1. The van der Waals surface area contributed by atoms with Crippen LogP contribution in [0.4, 0.5) is 18.9 Å². The van der Waals surface area contributed by atoms with Gasteiger partial charge < -0.3 is 4.90 Å². The maximum atomic E-state index is 12.9. The minimum absolute atomic E-state index is 0.142. The molecular weight excluding hydrogens is 439 g/mol. The Morgan fingerprint density at radius 3 is 2.03 bits per heavy atom. The topological polar surface area (TPSA) is 37.4 Å². The summed E-state index contributed by atoms with van der Waals surface area (Å²) in [5.74, 6) is -2.92. The number of alkyl halides is 3. The lowest BCUT2D eigenvalue weighted by molar-refractivity contribution is -0.171. The number of ketones is 1. The van der Waals surface area contributed by atoms with Gasteiger partial charge in [0.1, 0.15) is 0 Å². The molecule has 1 amide bonds. The minimum atomic E-state index is -5.05. The molecular formula is C28H22F3NO2. The number of rotatable bonds is 7. The van der Waals surface area contributed by atoms with E-state index in [0.717, 1.165) is 27.5 Å². The van der Waals surface area contributed by atoms with Crippen molar-refractivity contribution < 1.29 is 22.8 Å². The number of nitrogens with zero attached hydrogens (tertiary/aromatic N) is 1. The highest BCUT2D eigenvalue weighted by atomic mass is 19.4. The molecule has 0 saturated carbocycles. The monoisotopic (exact) mass is 461 g/mol. The third-order valence-electron chi connectivity index (χ3n) is 5.67. The summed E-state index contributed by atoms with van der Waals surface area (Å²) in [4.78, 5) is 25.7. The molecule has 0 heterocycles. The third-order valence-corrected chi connectivity index (χ3v) is 5.67. The van der Waals surface area contributed by atoms with Gasteiger partial charge in [0.2, 0.25) is 11.7 Å². The predicted octanol–water partition coefficient (Wildman–Crippen LogP) is 6.60. The molecule has 6 heteroatoms. The largest absolute Gasteiger partial charge is 0.450 e. The molecule has 0 aliphatic carbocycles. The fraction of sp³-hybridized carbons (Fsp3) is 0.143. The maximum absolute atomic E-state index is 12.9. The summed E-state index contributed by atoms with van der Waals surface area (Å²) in [6, 6.07) is 30.3. The Bertz CT molecular complexity index is 1290. The first-order chi connectivity index (χ1) is 16.3. The number of carbonyl (C=O) groups excluding carboxylic acids is 2. The van der Waals surface area contributed by atoms with Gasteiger partial charge in [0.15, 0.2) is 0 Å². The van der Waals surface area contributed by atoms with Crippen LogP contribution in [0.2, 0.25) is 0 Å².